The summed E-state index contributed by atoms with van der Waals surface area (Å²) in [5.41, 5.74) is -0.469. The Balaban J connectivity index is 3.80. The molecule has 6 heteroatoms. The highest BCUT2D eigenvalue weighted by atomic mass is 16.5. The van der Waals surface area contributed by atoms with Gasteiger partial charge in [0.25, 0.3) is 0 Å². The van der Waals surface area contributed by atoms with Gasteiger partial charge >= 0.3 is 12.0 Å². The zero-order chi connectivity index (χ0) is 12.6. The monoisotopic (exact) mass is 232 g/mol. The summed E-state index contributed by atoms with van der Waals surface area (Å²) in [6, 6.07) is -0.383. The van der Waals surface area contributed by atoms with Crippen LogP contribution in [0.1, 0.15) is 27.2 Å². The molecule has 94 valence electrons. The lowest BCUT2D eigenvalue weighted by atomic mass is 10.1. The van der Waals surface area contributed by atoms with Gasteiger partial charge in [-0.15, -0.1) is 0 Å². The van der Waals surface area contributed by atoms with E-state index >= 15 is 0 Å². The van der Waals surface area contributed by atoms with Crippen LogP contribution in [0.4, 0.5) is 4.79 Å². The SMILES string of the molecule is CCOCC(C)(C)NC(=O)NCCC(=O)O. The molecule has 0 aromatic carbocycles. The average molecular weight is 232 g/mol. The molecule has 0 aliphatic carbocycles. The van der Waals surface area contributed by atoms with Crippen molar-refractivity contribution in [2.75, 3.05) is 19.8 Å². The number of rotatable bonds is 7. The summed E-state index contributed by atoms with van der Waals surface area (Å²) >= 11 is 0. The maximum Gasteiger partial charge on any atom is 0.315 e. The first kappa shape index (κ1) is 14.7. The van der Waals surface area contributed by atoms with Crippen LogP contribution < -0.4 is 10.6 Å². The van der Waals surface area contributed by atoms with E-state index in [1.807, 2.05) is 20.8 Å². The van der Waals surface area contributed by atoms with E-state index in [1.54, 1.807) is 0 Å². The molecule has 2 amide bonds. The van der Waals surface area contributed by atoms with Crippen LogP contribution in [0.3, 0.4) is 0 Å². The molecule has 0 fully saturated rings. The predicted molar refractivity (Wildman–Crippen MR) is 59.4 cm³/mol. The van der Waals surface area contributed by atoms with Crippen molar-refractivity contribution in [3.8, 4) is 0 Å². The van der Waals surface area contributed by atoms with E-state index < -0.39 is 11.5 Å². The summed E-state index contributed by atoms with van der Waals surface area (Å²) in [7, 11) is 0. The molecule has 0 heterocycles. The fourth-order valence-corrected chi connectivity index (χ4v) is 1.03. The Morgan fingerprint density at radius 1 is 1.38 bits per heavy atom. The molecule has 0 aromatic rings. The van der Waals surface area contributed by atoms with E-state index in [1.165, 1.54) is 0 Å². The largest absolute Gasteiger partial charge is 0.481 e. The van der Waals surface area contributed by atoms with Gasteiger partial charge in [0.15, 0.2) is 0 Å². The van der Waals surface area contributed by atoms with Crippen LogP contribution in [0.5, 0.6) is 0 Å². The molecule has 0 rings (SSSR count). The Kier molecular flexibility index (Phi) is 6.48. The smallest absolute Gasteiger partial charge is 0.315 e. The third-order valence-corrected chi connectivity index (χ3v) is 1.74. The standard InChI is InChI=1S/C10H20N2O4/c1-4-16-7-10(2,3)12-9(15)11-6-5-8(13)14/h4-7H2,1-3H3,(H,13,14)(H2,11,12,15). The van der Waals surface area contributed by atoms with Crippen molar-refractivity contribution in [3.63, 3.8) is 0 Å². The summed E-state index contributed by atoms with van der Waals surface area (Å²) in [6.45, 7) is 6.66. The number of amides is 2. The fraction of sp³-hybridized carbons (Fsp3) is 0.800. The maximum absolute atomic E-state index is 11.3. The Morgan fingerprint density at radius 2 is 2.00 bits per heavy atom. The predicted octanol–water partition coefficient (Wildman–Crippen LogP) is 0.575. The number of aliphatic carboxylic acids is 1. The number of carboxylic acid groups (broad SMARTS) is 1. The summed E-state index contributed by atoms with van der Waals surface area (Å²) in [5, 5.41) is 13.5. The molecule has 0 saturated carbocycles. The lowest BCUT2D eigenvalue weighted by Crippen LogP contribution is -2.51. The third kappa shape index (κ3) is 8.05. The molecule has 0 aromatic heterocycles. The van der Waals surface area contributed by atoms with Gasteiger partial charge in [-0.1, -0.05) is 0 Å². The summed E-state index contributed by atoms with van der Waals surface area (Å²) in [4.78, 5) is 21.5. The van der Waals surface area contributed by atoms with Crippen molar-refractivity contribution in [1.29, 1.82) is 0 Å². The average Bonchev–Trinajstić information content (AvgIpc) is 2.13. The molecule has 0 spiro atoms. The minimum atomic E-state index is -0.936. The Hall–Kier alpha value is -1.30. The van der Waals surface area contributed by atoms with E-state index in [2.05, 4.69) is 10.6 Å². The molecule has 0 atom stereocenters. The minimum Gasteiger partial charge on any atom is -0.481 e. The number of nitrogens with one attached hydrogen (secondary N) is 2. The third-order valence-electron chi connectivity index (χ3n) is 1.74. The van der Waals surface area contributed by atoms with Gasteiger partial charge in [-0.2, -0.15) is 0 Å². The highest BCUT2D eigenvalue weighted by molar-refractivity contribution is 5.75. The van der Waals surface area contributed by atoms with E-state index in [-0.39, 0.29) is 19.0 Å². The lowest BCUT2D eigenvalue weighted by Gasteiger charge is -2.25. The zero-order valence-electron chi connectivity index (χ0n) is 10.0. The Labute approximate surface area is 95.4 Å². The number of hydrogen-bond donors (Lipinski definition) is 3. The minimum absolute atomic E-state index is 0.0840. The molecule has 0 radical (unpaired) electrons. The van der Waals surface area contributed by atoms with E-state index in [9.17, 15) is 9.59 Å². The first-order valence-corrected chi connectivity index (χ1v) is 5.23. The summed E-state index contributed by atoms with van der Waals surface area (Å²) < 4.78 is 5.21. The Bertz CT molecular complexity index is 241. The molecule has 6 nitrogen and oxygen atoms in total. The quantitative estimate of drug-likeness (QED) is 0.599. The number of urea groups is 1. The van der Waals surface area contributed by atoms with Crippen LogP contribution in [0, 0.1) is 0 Å². The molecule has 0 aliphatic rings. The van der Waals surface area contributed by atoms with Gasteiger partial charge in [0, 0.05) is 13.2 Å². The second-order valence-corrected chi connectivity index (χ2v) is 4.05. The van der Waals surface area contributed by atoms with Crippen molar-refractivity contribution in [2.45, 2.75) is 32.7 Å². The second kappa shape index (κ2) is 7.05. The van der Waals surface area contributed by atoms with Crippen LogP contribution in [0.15, 0.2) is 0 Å². The molecule has 0 aliphatic heterocycles. The maximum atomic E-state index is 11.3. The van der Waals surface area contributed by atoms with E-state index in [0.29, 0.717) is 13.2 Å². The Morgan fingerprint density at radius 3 is 2.50 bits per heavy atom. The van der Waals surface area contributed by atoms with Gasteiger partial charge in [-0.05, 0) is 20.8 Å². The molecular formula is C10H20N2O4. The van der Waals surface area contributed by atoms with E-state index in [0.717, 1.165) is 0 Å². The van der Waals surface area contributed by atoms with E-state index in [4.69, 9.17) is 9.84 Å². The normalized spacial score (nSPS) is 10.9. The molecule has 0 unspecified atom stereocenters. The van der Waals surface area contributed by atoms with Crippen LogP contribution >= 0.6 is 0 Å². The van der Waals surface area contributed by atoms with Crippen LogP contribution in [-0.4, -0.2) is 42.4 Å². The number of hydrogen-bond acceptors (Lipinski definition) is 3. The van der Waals surface area contributed by atoms with Crippen LogP contribution in [-0.2, 0) is 9.53 Å². The van der Waals surface area contributed by atoms with Crippen molar-refractivity contribution >= 4 is 12.0 Å². The molecular weight excluding hydrogens is 212 g/mol. The molecule has 3 N–H and O–H groups in total. The topological polar surface area (TPSA) is 87.7 Å². The van der Waals surface area contributed by atoms with Gasteiger partial charge < -0.3 is 20.5 Å². The van der Waals surface area contributed by atoms with Crippen LogP contribution in [0.2, 0.25) is 0 Å². The molecule has 0 bridgehead atoms. The molecule has 0 saturated heterocycles. The number of ether oxygens (including phenoxy) is 1. The van der Waals surface area contributed by atoms with Gasteiger partial charge in [-0.25, -0.2) is 4.79 Å². The van der Waals surface area contributed by atoms with Gasteiger partial charge in [0.2, 0.25) is 0 Å². The first-order valence-electron chi connectivity index (χ1n) is 5.23. The van der Waals surface area contributed by atoms with Crippen molar-refractivity contribution in [2.24, 2.45) is 0 Å². The number of carbonyl (C=O) groups excluding carboxylic acids is 1. The van der Waals surface area contributed by atoms with Gasteiger partial charge in [0.1, 0.15) is 0 Å². The zero-order valence-corrected chi connectivity index (χ0v) is 10.0. The van der Waals surface area contributed by atoms with Crippen molar-refractivity contribution < 1.29 is 19.4 Å². The van der Waals surface area contributed by atoms with Gasteiger partial charge in [0.05, 0.1) is 18.6 Å². The second-order valence-electron chi connectivity index (χ2n) is 4.05. The van der Waals surface area contributed by atoms with Crippen molar-refractivity contribution in [3.05, 3.63) is 0 Å². The highest BCUT2D eigenvalue weighted by Gasteiger charge is 2.20. The lowest BCUT2D eigenvalue weighted by molar-refractivity contribution is -0.136. The number of carbonyl (C=O) groups is 2. The highest BCUT2D eigenvalue weighted by Crippen LogP contribution is 2.02. The fourth-order valence-electron chi connectivity index (χ4n) is 1.03. The van der Waals surface area contributed by atoms with Crippen LogP contribution in [0.25, 0.3) is 0 Å². The summed E-state index contributed by atoms with van der Waals surface area (Å²) in [5.74, 6) is -0.936. The first-order chi connectivity index (χ1) is 7.37. The number of carboxylic acids is 1. The molecule has 16 heavy (non-hydrogen) atoms. The van der Waals surface area contributed by atoms with Gasteiger partial charge in [-0.3, -0.25) is 4.79 Å². The summed E-state index contributed by atoms with van der Waals surface area (Å²) in [6.07, 6.45) is -0.0840. The van der Waals surface area contributed by atoms with Crippen molar-refractivity contribution in [1.82, 2.24) is 10.6 Å².